The normalized spacial score (nSPS) is 13.8. The molecule has 2 aromatic carbocycles. The highest BCUT2D eigenvalue weighted by molar-refractivity contribution is 7.19. The van der Waals surface area contributed by atoms with Crippen molar-refractivity contribution in [2.75, 3.05) is 11.9 Å². The van der Waals surface area contributed by atoms with Crippen molar-refractivity contribution in [1.82, 2.24) is 9.88 Å². The summed E-state index contributed by atoms with van der Waals surface area (Å²) in [5.74, 6) is 0.164. The first-order chi connectivity index (χ1) is 16.0. The average molecular weight is 496 g/mol. The van der Waals surface area contributed by atoms with Crippen LogP contribution < -0.4 is 5.32 Å². The SMILES string of the molecule is CC(=O)Nc1ccc(-c2c(Cl)c(CCl)nc3sc4c(c23)CCN(Cc2ccccc2)C4)cc1. The molecular weight excluding hydrogens is 473 g/mol. The van der Waals surface area contributed by atoms with Crippen molar-refractivity contribution >= 4 is 56.3 Å². The van der Waals surface area contributed by atoms with Gasteiger partial charge < -0.3 is 5.32 Å². The van der Waals surface area contributed by atoms with E-state index in [1.54, 1.807) is 11.3 Å². The van der Waals surface area contributed by atoms with Crippen LogP contribution in [-0.2, 0) is 30.2 Å². The van der Waals surface area contributed by atoms with Gasteiger partial charge in [-0.1, -0.05) is 54.1 Å². The summed E-state index contributed by atoms with van der Waals surface area (Å²) in [5, 5.41) is 4.57. The highest BCUT2D eigenvalue weighted by atomic mass is 35.5. The third-order valence-corrected chi connectivity index (χ3v) is 7.72. The van der Waals surface area contributed by atoms with E-state index in [1.807, 2.05) is 24.3 Å². The summed E-state index contributed by atoms with van der Waals surface area (Å²) in [5.41, 5.74) is 6.12. The molecule has 7 heteroatoms. The molecule has 4 nitrogen and oxygen atoms in total. The van der Waals surface area contributed by atoms with Gasteiger partial charge in [-0.15, -0.1) is 22.9 Å². The molecule has 1 N–H and O–H groups in total. The number of benzene rings is 2. The Bertz CT molecular complexity index is 1320. The van der Waals surface area contributed by atoms with Gasteiger partial charge in [0.25, 0.3) is 0 Å². The number of anilines is 1. The highest BCUT2D eigenvalue weighted by Gasteiger charge is 2.26. The number of alkyl halides is 1. The lowest BCUT2D eigenvalue weighted by Gasteiger charge is -2.27. The molecule has 0 fully saturated rings. The number of carbonyl (C=O) groups excluding carboxylic acids is 1. The van der Waals surface area contributed by atoms with Crippen LogP contribution in [0.15, 0.2) is 54.6 Å². The minimum Gasteiger partial charge on any atom is -0.326 e. The topological polar surface area (TPSA) is 45.2 Å². The van der Waals surface area contributed by atoms with E-state index < -0.39 is 0 Å². The van der Waals surface area contributed by atoms with Gasteiger partial charge in [-0.3, -0.25) is 9.69 Å². The maximum Gasteiger partial charge on any atom is 0.221 e. The lowest BCUT2D eigenvalue weighted by molar-refractivity contribution is -0.114. The molecule has 0 saturated heterocycles. The van der Waals surface area contributed by atoms with Crippen LogP contribution in [0.4, 0.5) is 5.69 Å². The van der Waals surface area contributed by atoms with Gasteiger partial charge in [0.05, 0.1) is 16.6 Å². The zero-order valence-corrected chi connectivity index (χ0v) is 20.5. The zero-order chi connectivity index (χ0) is 22.9. The number of amides is 1. The Kier molecular flexibility index (Phi) is 6.39. The highest BCUT2D eigenvalue weighted by Crippen LogP contribution is 2.44. The fourth-order valence-corrected chi connectivity index (χ4v) is 6.33. The quantitative estimate of drug-likeness (QED) is 0.307. The van der Waals surface area contributed by atoms with E-state index in [0.29, 0.717) is 10.7 Å². The summed E-state index contributed by atoms with van der Waals surface area (Å²) >= 11 is 14.8. The molecule has 1 aliphatic rings. The van der Waals surface area contributed by atoms with Crippen LogP contribution >= 0.6 is 34.5 Å². The van der Waals surface area contributed by atoms with E-state index >= 15 is 0 Å². The maximum absolute atomic E-state index is 11.4. The summed E-state index contributed by atoms with van der Waals surface area (Å²) in [4.78, 5) is 21.0. The molecule has 0 bridgehead atoms. The van der Waals surface area contributed by atoms with Gasteiger partial charge in [-0.2, -0.15) is 0 Å². The first-order valence-electron chi connectivity index (χ1n) is 10.9. The van der Waals surface area contributed by atoms with Crippen LogP contribution in [0.5, 0.6) is 0 Å². The zero-order valence-electron chi connectivity index (χ0n) is 18.2. The van der Waals surface area contributed by atoms with Crippen LogP contribution in [0.25, 0.3) is 21.3 Å². The second kappa shape index (κ2) is 9.43. The number of hydrogen-bond acceptors (Lipinski definition) is 4. The van der Waals surface area contributed by atoms with Crippen molar-refractivity contribution in [2.45, 2.75) is 32.3 Å². The maximum atomic E-state index is 11.4. The Labute approximate surface area is 207 Å². The summed E-state index contributed by atoms with van der Waals surface area (Å²) in [7, 11) is 0. The van der Waals surface area contributed by atoms with Crippen LogP contribution in [0, 0.1) is 0 Å². The number of hydrogen-bond donors (Lipinski definition) is 1. The first kappa shape index (κ1) is 22.4. The lowest BCUT2D eigenvalue weighted by atomic mass is 9.96. The molecule has 1 amide bonds. The minimum atomic E-state index is -0.0940. The van der Waals surface area contributed by atoms with Gasteiger partial charge >= 0.3 is 0 Å². The molecule has 4 aromatic rings. The first-order valence-corrected chi connectivity index (χ1v) is 12.6. The molecule has 168 valence electrons. The fourth-order valence-electron chi connectivity index (χ4n) is 4.46. The number of rotatable bonds is 5. The van der Waals surface area contributed by atoms with E-state index in [9.17, 15) is 4.79 Å². The smallest absolute Gasteiger partial charge is 0.221 e. The molecule has 33 heavy (non-hydrogen) atoms. The van der Waals surface area contributed by atoms with Gasteiger partial charge in [0.15, 0.2) is 0 Å². The van der Waals surface area contributed by atoms with E-state index in [2.05, 4.69) is 40.5 Å². The van der Waals surface area contributed by atoms with Crippen LogP contribution in [0.1, 0.15) is 28.6 Å². The van der Waals surface area contributed by atoms with Gasteiger partial charge in [-0.25, -0.2) is 4.98 Å². The van der Waals surface area contributed by atoms with E-state index in [0.717, 1.165) is 53.1 Å². The fraction of sp³-hybridized carbons (Fsp3) is 0.231. The van der Waals surface area contributed by atoms with Crippen molar-refractivity contribution < 1.29 is 4.79 Å². The van der Waals surface area contributed by atoms with Gasteiger partial charge in [0.1, 0.15) is 4.83 Å². The molecule has 0 atom stereocenters. The molecule has 0 saturated carbocycles. The predicted octanol–water partition coefficient (Wildman–Crippen LogP) is 6.87. The van der Waals surface area contributed by atoms with E-state index in [4.69, 9.17) is 28.2 Å². The molecule has 0 radical (unpaired) electrons. The number of halogens is 2. The van der Waals surface area contributed by atoms with Crippen molar-refractivity contribution in [3.8, 4) is 11.1 Å². The molecule has 5 rings (SSSR count). The standard InChI is InChI=1S/C26H23Cl2N3OS/c1-16(32)29-19-9-7-18(8-10-19)23-24-20-11-12-31(14-17-5-3-2-4-6-17)15-22(20)33-26(24)30-21(13-27)25(23)28/h2-10H,11-15H2,1H3,(H,29,32). The average Bonchev–Trinajstić information content (AvgIpc) is 3.17. The van der Waals surface area contributed by atoms with Crippen LogP contribution in [0.2, 0.25) is 5.02 Å². The minimum absolute atomic E-state index is 0.0940. The number of nitrogens with one attached hydrogen (secondary N) is 1. The molecule has 0 spiro atoms. The number of thiophene rings is 1. The predicted molar refractivity (Wildman–Crippen MR) is 138 cm³/mol. The van der Waals surface area contributed by atoms with Crippen LogP contribution in [0.3, 0.4) is 0 Å². The molecule has 2 aromatic heterocycles. The van der Waals surface area contributed by atoms with Crippen molar-refractivity contribution in [1.29, 1.82) is 0 Å². The summed E-state index contributed by atoms with van der Waals surface area (Å²) in [6.07, 6.45) is 0.956. The third kappa shape index (κ3) is 4.51. The number of nitrogens with zero attached hydrogens (tertiary/aromatic N) is 2. The van der Waals surface area contributed by atoms with Crippen molar-refractivity contribution in [3.05, 3.63) is 81.3 Å². The molecular formula is C26H23Cl2N3OS. The monoisotopic (exact) mass is 495 g/mol. The largest absolute Gasteiger partial charge is 0.326 e. The molecule has 0 unspecified atom stereocenters. The Morgan fingerprint density at radius 2 is 1.91 bits per heavy atom. The van der Waals surface area contributed by atoms with Crippen molar-refractivity contribution in [2.24, 2.45) is 0 Å². The Hall–Kier alpha value is -2.44. The molecule has 0 aliphatic carbocycles. The Morgan fingerprint density at radius 1 is 1.15 bits per heavy atom. The van der Waals surface area contributed by atoms with E-state index in [-0.39, 0.29) is 11.8 Å². The van der Waals surface area contributed by atoms with Gasteiger partial charge in [0, 0.05) is 48.1 Å². The number of carbonyl (C=O) groups is 1. The molecule has 1 aliphatic heterocycles. The van der Waals surface area contributed by atoms with Crippen molar-refractivity contribution in [3.63, 3.8) is 0 Å². The summed E-state index contributed by atoms with van der Waals surface area (Å²) in [6.45, 7) is 4.33. The second-order valence-electron chi connectivity index (χ2n) is 8.27. The second-order valence-corrected chi connectivity index (χ2v) is 10.00. The third-order valence-electron chi connectivity index (χ3n) is 5.95. The number of aromatic nitrogens is 1. The lowest BCUT2D eigenvalue weighted by Crippen LogP contribution is -2.29. The van der Waals surface area contributed by atoms with Gasteiger partial charge in [0.2, 0.25) is 5.91 Å². The Balaban J connectivity index is 1.56. The number of fused-ring (bicyclic) bond motifs is 3. The summed E-state index contributed by atoms with van der Waals surface area (Å²) < 4.78 is 0. The Morgan fingerprint density at radius 3 is 2.61 bits per heavy atom. The molecule has 3 heterocycles. The number of pyridine rings is 1. The van der Waals surface area contributed by atoms with Crippen LogP contribution in [-0.4, -0.2) is 22.3 Å². The van der Waals surface area contributed by atoms with E-state index in [1.165, 1.54) is 22.9 Å². The summed E-state index contributed by atoms with van der Waals surface area (Å²) in [6, 6.07) is 18.4. The van der Waals surface area contributed by atoms with Gasteiger partial charge in [-0.05, 0) is 35.2 Å².